The van der Waals surface area contributed by atoms with Gasteiger partial charge in [-0.2, -0.15) is 0 Å². The summed E-state index contributed by atoms with van der Waals surface area (Å²) >= 11 is 6.34. The zero-order valence-corrected chi connectivity index (χ0v) is 12.9. The fraction of sp³-hybridized carbons (Fsp3) is 0.250. The van der Waals surface area contributed by atoms with E-state index in [-0.39, 0.29) is 11.2 Å². The minimum Gasteiger partial charge on any atom is -0.507 e. The lowest BCUT2D eigenvalue weighted by atomic mass is 9.85. The van der Waals surface area contributed by atoms with Gasteiger partial charge in [0.05, 0.1) is 10.5 Å². The van der Waals surface area contributed by atoms with Crippen LogP contribution >= 0.6 is 11.6 Å². The molecule has 3 rings (SSSR count). The van der Waals surface area contributed by atoms with Crippen LogP contribution < -0.4 is 0 Å². The molecule has 5 heteroatoms. The Morgan fingerprint density at radius 3 is 2.62 bits per heavy atom. The Kier molecular flexibility index (Phi) is 3.14. The summed E-state index contributed by atoms with van der Waals surface area (Å²) in [6.45, 7) is 6.38. The summed E-state index contributed by atoms with van der Waals surface area (Å²) in [5.74, 6) is 0.181. The van der Waals surface area contributed by atoms with E-state index in [1.54, 1.807) is 12.1 Å². The van der Waals surface area contributed by atoms with Crippen molar-refractivity contribution in [1.82, 2.24) is 15.4 Å². The third kappa shape index (κ3) is 2.36. The molecule has 0 aliphatic carbocycles. The first kappa shape index (κ1) is 13.9. The molecule has 1 heterocycles. The van der Waals surface area contributed by atoms with Gasteiger partial charge in [-0.15, -0.1) is 5.10 Å². The van der Waals surface area contributed by atoms with Crippen LogP contribution in [0.1, 0.15) is 26.3 Å². The summed E-state index contributed by atoms with van der Waals surface area (Å²) < 4.78 is 0. The standard InChI is InChI=1S/C16H16ClN3O/c1-16(2,3)9-4-7-13(21)10(8-9)14-11(17)5-6-12-15(14)19-20-18-12/h4-8,21H,1-3H3,(H,18,19,20). The van der Waals surface area contributed by atoms with Crippen LogP contribution in [0, 0.1) is 0 Å². The number of rotatable bonds is 1. The van der Waals surface area contributed by atoms with Gasteiger partial charge in [0.25, 0.3) is 0 Å². The highest BCUT2D eigenvalue weighted by Gasteiger charge is 2.19. The molecule has 2 aromatic carbocycles. The molecule has 1 aromatic heterocycles. The number of aromatic amines is 1. The summed E-state index contributed by atoms with van der Waals surface area (Å²) in [6.07, 6.45) is 0. The van der Waals surface area contributed by atoms with Gasteiger partial charge in [-0.25, -0.2) is 0 Å². The van der Waals surface area contributed by atoms with E-state index >= 15 is 0 Å². The Morgan fingerprint density at radius 1 is 1.14 bits per heavy atom. The van der Waals surface area contributed by atoms with Crippen molar-refractivity contribution >= 4 is 22.6 Å². The topological polar surface area (TPSA) is 61.8 Å². The first-order chi connectivity index (χ1) is 9.88. The fourth-order valence-corrected chi connectivity index (χ4v) is 2.60. The molecular formula is C16H16ClN3O. The molecule has 0 aliphatic heterocycles. The Bertz CT molecular complexity index is 818. The summed E-state index contributed by atoms with van der Waals surface area (Å²) in [4.78, 5) is 0. The molecule has 0 radical (unpaired) electrons. The summed E-state index contributed by atoms with van der Waals surface area (Å²) in [7, 11) is 0. The summed E-state index contributed by atoms with van der Waals surface area (Å²) in [5.41, 5.74) is 3.91. The second-order valence-electron chi connectivity index (χ2n) is 6.11. The third-order valence-corrected chi connectivity index (χ3v) is 3.89. The van der Waals surface area contributed by atoms with Gasteiger partial charge >= 0.3 is 0 Å². The van der Waals surface area contributed by atoms with Crippen molar-refractivity contribution in [2.75, 3.05) is 0 Å². The number of hydrogen-bond donors (Lipinski definition) is 2. The zero-order chi connectivity index (χ0) is 15.2. The highest BCUT2D eigenvalue weighted by Crippen LogP contribution is 2.40. The van der Waals surface area contributed by atoms with Crippen molar-refractivity contribution in [3.8, 4) is 16.9 Å². The lowest BCUT2D eigenvalue weighted by molar-refractivity contribution is 0.476. The molecule has 3 aromatic rings. The van der Waals surface area contributed by atoms with E-state index in [4.69, 9.17) is 11.6 Å². The number of nitrogens with one attached hydrogen (secondary N) is 1. The van der Waals surface area contributed by atoms with Gasteiger partial charge in [-0.3, -0.25) is 5.10 Å². The molecule has 0 aliphatic rings. The molecule has 0 unspecified atom stereocenters. The fourth-order valence-electron chi connectivity index (χ4n) is 2.35. The lowest BCUT2D eigenvalue weighted by Crippen LogP contribution is -2.10. The third-order valence-electron chi connectivity index (χ3n) is 3.58. The Hall–Kier alpha value is -2.07. The van der Waals surface area contributed by atoms with Crippen LogP contribution in [0.4, 0.5) is 0 Å². The van der Waals surface area contributed by atoms with Crippen LogP contribution in [0.15, 0.2) is 30.3 Å². The van der Waals surface area contributed by atoms with Gasteiger partial charge in [-0.1, -0.05) is 43.7 Å². The van der Waals surface area contributed by atoms with Gasteiger partial charge < -0.3 is 5.11 Å². The first-order valence-corrected chi connectivity index (χ1v) is 7.09. The van der Waals surface area contributed by atoms with Crippen LogP contribution in [-0.2, 0) is 5.41 Å². The van der Waals surface area contributed by atoms with Gasteiger partial charge in [0, 0.05) is 11.1 Å². The summed E-state index contributed by atoms with van der Waals surface area (Å²) in [5, 5.41) is 21.5. The Balaban J connectivity index is 2.32. The molecule has 108 valence electrons. The molecule has 0 bridgehead atoms. The maximum absolute atomic E-state index is 10.3. The predicted molar refractivity (Wildman–Crippen MR) is 84.7 cm³/mol. The second kappa shape index (κ2) is 4.74. The van der Waals surface area contributed by atoms with Crippen molar-refractivity contribution < 1.29 is 5.11 Å². The van der Waals surface area contributed by atoms with Crippen molar-refractivity contribution in [2.45, 2.75) is 26.2 Å². The number of aromatic nitrogens is 3. The Morgan fingerprint density at radius 2 is 1.90 bits per heavy atom. The number of aromatic hydroxyl groups is 1. The normalized spacial score (nSPS) is 12.0. The molecule has 0 saturated carbocycles. The van der Waals surface area contributed by atoms with E-state index < -0.39 is 0 Å². The van der Waals surface area contributed by atoms with Gasteiger partial charge in [0.1, 0.15) is 11.3 Å². The summed E-state index contributed by atoms with van der Waals surface area (Å²) in [6, 6.07) is 9.19. The molecule has 0 fully saturated rings. The number of H-pyrrole nitrogens is 1. The van der Waals surface area contributed by atoms with Gasteiger partial charge in [0.2, 0.25) is 0 Å². The highest BCUT2D eigenvalue weighted by atomic mass is 35.5. The van der Waals surface area contributed by atoms with Gasteiger partial charge in [-0.05, 0) is 35.2 Å². The molecule has 21 heavy (non-hydrogen) atoms. The number of phenols is 1. The van der Waals surface area contributed by atoms with E-state index in [9.17, 15) is 5.11 Å². The van der Waals surface area contributed by atoms with Crippen molar-refractivity contribution in [3.63, 3.8) is 0 Å². The molecule has 2 N–H and O–H groups in total. The number of hydrogen-bond acceptors (Lipinski definition) is 3. The van der Waals surface area contributed by atoms with E-state index in [1.165, 1.54) is 0 Å². The maximum atomic E-state index is 10.3. The van der Waals surface area contributed by atoms with Crippen LogP contribution in [0.2, 0.25) is 5.02 Å². The van der Waals surface area contributed by atoms with Crippen LogP contribution in [-0.4, -0.2) is 20.5 Å². The number of phenolic OH excluding ortho intramolecular Hbond substituents is 1. The highest BCUT2D eigenvalue weighted by molar-refractivity contribution is 6.35. The minimum absolute atomic E-state index is 0.0212. The average Bonchev–Trinajstić information content (AvgIpc) is 2.87. The minimum atomic E-state index is -0.0212. The molecule has 4 nitrogen and oxygen atoms in total. The van der Waals surface area contributed by atoms with Crippen LogP contribution in [0.3, 0.4) is 0 Å². The van der Waals surface area contributed by atoms with Crippen LogP contribution in [0.25, 0.3) is 22.2 Å². The number of benzene rings is 2. The molecule has 0 atom stereocenters. The number of halogens is 1. The average molecular weight is 302 g/mol. The van der Waals surface area contributed by atoms with Crippen LogP contribution in [0.5, 0.6) is 5.75 Å². The Labute approximate surface area is 127 Å². The van der Waals surface area contributed by atoms with Gasteiger partial charge in [0.15, 0.2) is 0 Å². The molecular weight excluding hydrogens is 286 g/mol. The predicted octanol–water partition coefficient (Wildman–Crippen LogP) is 4.28. The van der Waals surface area contributed by atoms with E-state index in [2.05, 4.69) is 36.2 Å². The maximum Gasteiger partial charge on any atom is 0.123 e. The first-order valence-electron chi connectivity index (χ1n) is 6.71. The molecule has 0 amide bonds. The van der Waals surface area contributed by atoms with E-state index in [0.29, 0.717) is 21.7 Å². The smallest absolute Gasteiger partial charge is 0.123 e. The lowest BCUT2D eigenvalue weighted by Gasteiger charge is -2.20. The van der Waals surface area contributed by atoms with Crippen molar-refractivity contribution in [1.29, 1.82) is 0 Å². The number of nitrogens with zero attached hydrogens (tertiary/aromatic N) is 2. The number of fused-ring (bicyclic) bond motifs is 1. The second-order valence-corrected chi connectivity index (χ2v) is 6.52. The largest absolute Gasteiger partial charge is 0.507 e. The monoisotopic (exact) mass is 301 g/mol. The van der Waals surface area contributed by atoms with E-state index in [0.717, 1.165) is 11.1 Å². The van der Waals surface area contributed by atoms with Crippen molar-refractivity contribution in [3.05, 3.63) is 40.9 Å². The molecule has 0 spiro atoms. The zero-order valence-electron chi connectivity index (χ0n) is 12.1. The molecule has 0 saturated heterocycles. The van der Waals surface area contributed by atoms with Crippen molar-refractivity contribution in [2.24, 2.45) is 0 Å². The quantitative estimate of drug-likeness (QED) is 0.705. The SMILES string of the molecule is CC(C)(C)c1ccc(O)c(-c2c(Cl)ccc3[nH]nnc23)c1. The van der Waals surface area contributed by atoms with E-state index in [1.807, 2.05) is 18.2 Å².